The van der Waals surface area contributed by atoms with E-state index in [1.807, 2.05) is 0 Å². The Morgan fingerprint density at radius 2 is 1.61 bits per heavy atom. The van der Waals surface area contributed by atoms with Crippen molar-refractivity contribution >= 4 is 28.5 Å². The minimum atomic E-state index is -2.34. The minimum Gasteiger partial charge on any atom is -0.477 e. The van der Waals surface area contributed by atoms with Crippen LogP contribution in [0.3, 0.4) is 0 Å². The van der Waals surface area contributed by atoms with Crippen LogP contribution in [-0.2, 0) is 11.3 Å². The predicted octanol–water partition coefficient (Wildman–Crippen LogP) is 4.45. The molecule has 0 radical (unpaired) electrons. The van der Waals surface area contributed by atoms with Crippen LogP contribution in [0.2, 0.25) is 5.02 Å². The number of ether oxygens (including phenoxy) is 1. The molecule has 0 aliphatic rings. The van der Waals surface area contributed by atoms with Crippen molar-refractivity contribution < 1.29 is 35.9 Å². The molecule has 2 aromatic carbocycles. The van der Waals surface area contributed by atoms with E-state index in [4.69, 9.17) is 16.0 Å². The molecule has 0 aliphatic carbocycles. The lowest BCUT2D eigenvalue weighted by Gasteiger charge is -2.13. The van der Waals surface area contributed by atoms with Crippen molar-refractivity contribution in [1.29, 1.82) is 0 Å². The summed E-state index contributed by atoms with van der Waals surface area (Å²) in [6.45, 7) is 2.15. The second-order valence-corrected chi connectivity index (χ2v) is 6.94. The van der Waals surface area contributed by atoms with Crippen molar-refractivity contribution in [3.8, 4) is 5.75 Å². The highest BCUT2D eigenvalue weighted by Crippen LogP contribution is 2.31. The lowest BCUT2D eigenvalue weighted by molar-refractivity contribution is -0.123. The van der Waals surface area contributed by atoms with Crippen LogP contribution in [0.25, 0.3) is 11.0 Å². The van der Waals surface area contributed by atoms with Crippen LogP contribution in [0.5, 0.6) is 5.75 Å². The molecule has 3 aromatic rings. The maximum Gasteiger partial charge on any atom is 0.336 e. The Bertz CT molecular complexity index is 1250. The number of nitrogens with one attached hydrogen (secondary N) is 1. The molecular formula is C20H13ClF5NO4. The normalized spacial score (nSPS) is 11.1. The Morgan fingerprint density at radius 3 is 2.23 bits per heavy atom. The number of benzene rings is 2. The van der Waals surface area contributed by atoms with Crippen LogP contribution in [0.4, 0.5) is 22.0 Å². The molecule has 5 nitrogen and oxygen atoms in total. The first-order chi connectivity index (χ1) is 14.5. The minimum absolute atomic E-state index is 0.221. The van der Waals surface area contributed by atoms with Crippen molar-refractivity contribution in [3.05, 3.63) is 73.4 Å². The Labute approximate surface area is 176 Å². The summed E-state index contributed by atoms with van der Waals surface area (Å²) in [4.78, 5) is 23.8. The number of carbonyl (C=O) groups is 1. The second-order valence-electron chi connectivity index (χ2n) is 6.56. The summed E-state index contributed by atoms with van der Waals surface area (Å²) in [5.74, 6) is -13.6. The number of carbonyl (C=O) groups excluding carboxylic acids is 1. The molecule has 0 bridgehead atoms. The van der Waals surface area contributed by atoms with E-state index in [9.17, 15) is 31.5 Å². The molecule has 0 saturated carbocycles. The van der Waals surface area contributed by atoms with Gasteiger partial charge in [0.2, 0.25) is 29.1 Å². The monoisotopic (exact) mass is 461 g/mol. The summed E-state index contributed by atoms with van der Waals surface area (Å²) in [5.41, 5.74) is 1.18. The van der Waals surface area contributed by atoms with E-state index in [2.05, 4.69) is 10.1 Å². The fraction of sp³-hybridized carbons (Fsp3) is 0.200. The fourth-order valence-electron chi connectivity index (χ4n) is 2.99. The highest BCUT2D eigenvalue weighted by atomic mass is 35.5. The van der Waals surface area contributed by atoms with Gasteiger partial charge in [0.1, 0.15) is 5.58 Å². The number of hydrogen-bond acceptors (Lipinski definition) is 4. The average Bonchev–Trinajstić information content (AvgIpc) is 2.72. The Hall–Kier alpha value is -3.14. The molecule has 0 spiro atoms. The van der Waals surface area contributed by atoms with E-state index in [-0.39, 0.29) is 12.1 Å². The highest BCUT2D eigenvalue weighted by molar-refractivity contribution is 6.33. The van der Waals surface area contributed by atoms with Gasteiger partial charge in [0.05, 0.1) is 0 Å². The van der Waals surface area contributed by atoms with Crippen LogP contribution in [0, 0.1) is 42.9 Å². The smallest absolute Gasteiger partial charge is 0.336 e. The van der Waals surface area contributed by atoms with E-state index in [0.29, 0.717) is 27.1 Å². The van der Waals surface area contributed by atoms with Gasteiger partial charge >= 0.3 is 5.63 Å². The standard InChI is InChI=1S/C20H13ClF5NO4/c1-7-3-10-13(8(2)14(7)21)9(4-12(29)31-10)5-27-11(28)6-30-20-18(25)16(23)15(22)17(24)19(20)26/h3-4H,5-6H2,1-2H3,(H,27,28). The van der Waals surface area contributed by atoms with E-state index < -0.39 is 53.0 Å². The van der Waals surface area contributed by atoms with Crippen molar-refractivity contribution in [3.63, 3.8) is 0 Å². The van der Waals surface area contributed by atoms with Gasteiger partial charge in [-0.3, -0.25) is 4.79 Å². The topological polar surface area (TPSA) is 68.5 Å². The molecule has 0 atom stereocenters. The number of rotatable bonds is 5. The molecule has 0 fully saturated rings. The summed E-state index contributed by atoms with van der Waals surface area (Å²) < 4.78 is 76.3. The van der Waals surface area contributed by atoms with Crippen LogP contribution < -0.4 is 15.7 Å². The first kappa shape index (κ1) is 22.5. The van der Waals surface area contributed by atoms with Gasteiger partial charge in [0.15, 0.2) is 12.4 Å². The van der Waals surface area contributed by atoms with Crippen molar-refractivity contribution in [2.24, 2.45) is 0 Å². The molecule has 11 heteroatoms. The molecule has 1 aromatic heterocycles. The zero-order valence-electron chi connectivity index (χ0n) is 16.0. The lowest BCUT2D eigenvalue weighted by Crippen LogP contribution is -2.29. The van der Waals surface area contributed by atoms with Crippen LogP contribution in [-0.4, -0.2) is 12.5 Å². The van der Waals surface area contributed by atoms with Gasteiger partial charge in [0.25, 0.3) is 5.91 Å². The summed E-state index contributed by atoms with van der Waals surface area (Å²) >= 11 is 6.23. The van der Waals surface area contributed by atoms with Gasteiger partial charge in [0, 0.05) is 23.0 Å². The molecule has 0 aliphatic heterocycles. The largest absolute Gasteiger partial charge is 0.477 e. The van der Waals surface area contributed by atoms with Gasteiger partial charge in [-0.2, -0.15) is 8.78 Å². The summed E-state index contributed by atoms with van der Waals surface area (Å²) in [5, 5.41) is 3.25. The molecule has 0 unspecified atom stereocenters. The maximum atomic E-state index is 13.6. The average molecular weight is 462 g/mol. The number of halogens is 6. The molecule has 1 heterocycles. The summed E-state index contributed by atoms with van der Waals surface area (Å²) in [6, 6.07) is 2.69. The molecular weight excluding hydrogens is 449 g/mol. The van der Waals surface area contributed by atoms with Crippen LogP contribution >= 0.6 is 11.6 Å². The zero-order valence-corrected chi connectivity index (χ0v) is 16.7. The third-order valence-electron chi connectivity index (χ3n) is 4.46. The second kappa shape index (κ2) is 8.54. The quantitative estimate of drug-likeness (QED) is 0.264. The number of hydrogen-bond donors (Lipinski definition) is 1. The van der Waals surface area contributed by atoms with Gasteiger partial charge in [-0.1, -0.05) is 11.6 Å². The number of aryl methyl sites for hydroxylation is 2. The molecule has 1 N–H and O–H groups in total. The van der Waals surface area contributed by atoms with E-state index >= 15 is 0 Å². The Balaban J connectivity index is 1.79. The zero-order chi connectivity index (χ0) is 23.0. The third-order valence-corrected chi connectivity index (χ3v) is 5.04. The third kappa shape index (κ3) is 4.20. The van der Waals surface area contributed by atoms with Crippen LogP contribution in [0.15, 0.2) is 21.3 Å². The van der Waals surface area contributed by atoms with Crippen molar-refractivity contribution in [2.75, 3.05) is 6.61 Å². The molecule has 164 valence electrons. The SMILES string of the molecule is Cc1cc2oc(=O)cc(CNC(=O)COc3c(F)c(F)c(F)c(F)c3F)c2c(C)c1Cl. The number of amides is 1. The maximum absolute atomic E-state index is 13.6. The molecule has 31 heavy (non-hydrogen) atoms. The fourth-order valence-corrected chi connectivity index (χ4v) is 3.14. The first-order valence-corrected chi connectivity index (χ1v) is 9.04. The van der Waals surface area contributed by atoms with E-state index in [1.165, 1.54) is 0 Å². The van der Waals surface area contributed by atoms with Crippen LogP contribution in [0.1, 0.15) is 16.7 Å². The van der Waals surface area contributed by atoms with Gasteiger partial charge < -0.3 is 14.5 Å². The molecule has 0 saturated heterocycles. The summed E-state index contributed by atoms with van der Waals surface area (Å²) in [6.07, 6.45) is 0. The van der Waals surface area contributed by atoms with Gasteiger partial charge in [-0.15, -0.1) is 0 Å². The Kier molecular flexibility index (Phi) is 6.21. The molecule has 3 rings (SSSR count). The van der Waals surface area contributed by atoms with Crippen molar-refractivity contribution in [2.45, 2.75) is 20.4 Å². The number of fused-ring (bicyclic) bond motifs is 1. The lowest BCUT2D eigenvalue weighted by atomic mass is 10.0. The van der Waals surface area contributed by atoms with E-state index in [1.54, 1.807) is 19.9 Å². The van der Waals surface area contributed by atoms with Gasteiger partial charge in [-0.05, 0) is 36.6 Å². The highest BCUT2D eigenvalue weighted by Gasteiger charge is 2.27. The van der Waals surface area contributed by atoms with E-state index in [0.717, 1.165) is 6.07 Å². The predicted molar refractivity (Wildman–Crippen MR) is 101 cm³/mol. The first-order valence-electron chi connectivity index (χ1n) is 8.66. The van der Waals surface area contributed by atoms with Crippen molar-refractivity contribution in [1.82, 2.24) is 5.32 Å². The van der Waals surface area contributed by atoms with Gasteiger partial charge in [-0.25, -0.2) is 18.0 Å². The molecule has 1 amide bonds. The summed E-state index contributed by atoms with van der Waals surface area (Å²) in [7, 11) is 0. The Morgan fingerprint density at radius 1 is 1.03 bits per heavy atom.